The predicted octanol–water partition coefficient (Wildman–Crippen LogP) is 3.26. The number of benzene rings is 2. The van der Waals surface area contributed by atoms with Crippen molar-refractivity contribution < 1.29 is 4.79 Å². The van der Waals surface area contributed by atoms with E-state index >= 15 is 0 Å². The van der Waals surface area contributed by atoms with E-state index in [0.29, 0.717) is 5.78 Å². The van der Waals surface area contributed by atoms with Crippen LogP contribution in [0.15, 0.2) is 54.6 Å². The van der Waals surface area contributed by atoms with E-state index in [9.17, 15) is 4.79 Å². The number of hydrogen-bond acceptors (Lipinski definition) is 2. The molecule has 0 radical (unpaired) electrons. The van der Waals surface area contributed by atoms with Crippen molar-refractivity contribution in [2.75, 3.05) is 13.1 Å². The van der Waals surface area contributed by atoms with Gasteiger partial charge in [0.25, 0.3) is 0 Å². The third kappa shape index (κ3) is 3.40. The smallest absolute Gasteiger partial charge is 0.167 e. The summed E-state index contributed by atoms with van der Waals surface area (Å²) in [6.45, 7) is 1.72. The molecule has 0 saturated carbocycles. The Balaban J connectivity index is 1.50. The molecule has 1 unspecified atom stereocenters. The Kier molecular flexibility index (Phi) is 4.46. The minimum atomic E-state index is 0.135. The van der Waals surface area contributed by atoms with Crippen LogP contribution in [0.2, 0.25) is 0 Å². The van der Waals surface area contributed by atoms with Gasteiger partial charge in [-0.2, -0.15) is 0 Å². The molecular weight excluding hydrogens is 258 g/mol. The SMILES string of the molecule is O=C1c2ccccc2CCC1CNCCc1ccccc1. The predicted molar refractivity (Wildman–Crippen MR) is 85.6 cm³/mol. The van der Waals surface area contributed by atoms with Gasteiger partial charge >= 0.3 is 0 Å². The molecule has 1 aliphatic carbocycles. The molecule has 0 spiro atoms. The molecule has 2 nitrogen and oxygen atoms in total. The third-order valence-corrected chi connectivity index (χ3v) is 4.24. The van der Waals surface area contributed by atoms with Crippen LogP contribution in [0.4, 0.5) is 0 Å². The van der Waals surface area contributed by atoms with Gasteiger partial charge in [0.15, 0.2) is 5.78 Å². The van der Waals surface area contributed by atoms with Crippen LogP contribution in [0, 0.1) is 5.92 Å². The highest BCUT2D eigenvalue weighted by Crippen LogP contribution is 2.24. The van der Waals surface area contributed by atoms with Gasteiger partial charge < -0.3 is 5.32 Å². The zero-order chi connectivity index (χ0) is 14.5. The number of nitrogens with one attached hydrogen (secondary N) is 1. The maximum Gasteiger partial charge on any atom is 0.167 e. The van der Waals surface area contributed by atoms with Gasteiger partial charge in [0.05, 0.1) is 0 Å². The fraction of sp³-hybridized carbons (Fsp3) is 0.316. The minimum Gasteiger partial charge on any atom is -0.316 e. The van der Waals surface area contributed by atoms with Crippen LogP contribution < -0.4 is 5.32 Å². The first-order valence-corrected chi connectivity index (χ1v) is 7.71. The van der Waals surface area contributed by atoms with E-state index in [4.69, 9.17) is 0 Å². The average molecular weight is 279 g/mol. The number of ketones is 1. The summed E-state index contributed by atoms with van der Waals surface area (Å²) in [5, 5.41) is 3.44. The second-order valence-corrected chi connectivity index (χ2v) is 5.70. The molecule has 1 atom stereocenters. The molecule has 2 heteroatoms. The topological polar surface area (TPSA) is 29.1 Å². The number of fused-ring (bicyclic) bond motifs is 1. The van der Waals surface area contributed by atoms with Crippen molar-refractivity contribution in [3.63, 3.8) is 0 Å². The Morgan fingerprint density at radius 2 is 1.76 bits per heavy atom. The molecule has 2 aromatic carbocycles. The summed E-state index contributed by atoms with van der Waals surface area (Å²) in [4.78, 5) is 12.4. The fourth-order valence-corrected chi connectivity index (χ4v) is 3.01. The van der Waals surface area contributed by atoms with Crippen molar-refractivity contribution in [2.24, 2.45) is 5.92 Å². The van der Waals surface area contributed by atoms with Crippen molar-refractivity contribution in [2.45, 2.75) is 19.3 Å². The van der Waals surface area contributed by atoms with E-state index in [1.54, 1.807) is 0 Å². The zero-order valence-corrected chi connectivity index (χ0v) is 12.2. The van der Waals surface area contributed by atoms with Crippen LogP contribution in [0.1, 0.15) is 27.9 Å². The van der Waals surface area contributed by atoms with Gasteiger partial charge in [0.2, 0.25) is 0 Å². The minimum absolute atomic E-state index is 0.135. The number of rotatable bonds is 5. The molecule has 0 bridgehead atoms. The lowest BCUT2D eigenvalue weighted by Crippen LogP contribution is -2.33. The number of carbonyl (C=O) groups is 1. The van der Waals surface area contributed by atoms with Crippen molar-refractivity contribution in [3.05, 3.63) is 71.3 Å². The maximum absolute atomic E-state index is 12.4. The number of carbonyl (C=O) groups excluding carboxylic acids is 1. The van der Waals surface area contributed by atoms with Crippen LogP contribution in [-0.4, -0.2) is 18.9 Å². The van der Waals surface area contributed by atoms with Crippen molar-refractivity contribution in [1.29, 1.82) is 0 Å². The first kappa shape index (κ1) is 14.0. The Labute approximate surface area is 126 Å². The van der Waals surface area contributed by atoms with Crippen molar-refractivity contribution >= 4 is 5.78 Å². The molecule has 1 aliphatic rings. The standard InChI is InChI=1S/C19H21NO/c21-19-17(11-10-16-8-4-5-9-18(16)19)14-20-13-12-15-6-2-1-3-7-15/h1-9,17,20H,10-14H2. The molecule has 108 valence electrons. The zero-order valence-electron chi connectivity index (χ0n) is 12.2. The average Bonchev–Trinajstić information content (AvgIpc) is 2.55. The van der Waals surface area contributed by atoms with E-state index in [-0.39, 0.29) is 5.92 Å². The normalized spacial score (nSPS) is 17.5. The highest BCUT2D eigenvalue weighted by molar-refractivity contribution is 6.00. The first-order chi connectivity index (χ1) is 10.3. The van der Waals surface area contributed by atoms with E-state index in [0.717, 1.165) is 37.9 Å². The van der Waals surface area contributed by atoms with Gasteiger partial charge in [-0.25, -0.2) is 0 Å². The Bertz CT molecular complexity index is 606. The number of aryl methyl sites for hydroxylation is 1. The van der Waals surface area contributed by atoms with E-state index in [2.05, 4.69) is 35.6 Å². The Morgan fingerprint density at radius 3 is 2.62 bits per heavy atom. The Hall–Kier alpha value is -1.93. The summed E-state index contributed by atoms with van der Waals surface area (Å²) in [5.74, 6) is 0.444. The van der Waals surface area contributed by atoms with Gasteiger partial charge in [0, 0.05) is 18.0 Å². The largest absolute Gasteiger partial charge is 0.316 e. The van der Waals surface area contributed by atoms with Crippen LogP contribution in [0.25, 0.3) is 0 Å². The molecular formula is C19H21NO. The highest BCUT2D eigenvalue weighted by atomic mass is 16.1. The first-order valence-electron chi connectivity index (χ1n) is 7.71. The summed E-state index contributed by atoms with van der Waals surface area (Å²) >= 11 is 0. The van der Waals surface area contributed by atoms with E-state index in [1.807, 2.05) is 24.3 Å². The molecule has 0 aromatic heterocycles. The second-order valence-electron chi connectivity index (χ2n) is 5.70. The van der Waals surface area contributed by atoms with Crippen molar-refractivity contribution in [3.8, 4) is 0 Å². The quantitative estimate of drug-likeness (QED) is 0.851. The molecule has 3 rings (SSSR count). The molecule has 0 saturated heterocycles. The molecule has 0 amide bonds. The lowest BCUT2D eigenvalue weighted by atomic mass is 9.83. The van der Waals surface area contributed by atoms with Gasteiger partial charge in [0.1, 0.15) is 0 Å². The summed E-state index contributed by atoms with van der Waals surface area (Å²) < 4.78 is 0. The molecule has 1 N–H and O–H groups in total. The molecule has 2 aromatic rings. The summed E-state index contributed by atoms with van der Waals surface area (Å²) in [6, 6.07) is 18.5. The van der Waals surface area contributed by atoms with Crippen LogP contribution in [-0.2, 0) is 12.8 Å². The molecule has 21 heavy (non-hydrogen) atoms. The summed E-state index contributed by atoms with van der Waals surface area (Å²) in [7, 11) is 0. The second kappa shape index (κ2) is 6.68. The van der Waals surface area contributed by atoms with Crippen LogP contribution in [0.5, 0.6) is 0 Å². The van der Waals surface area contributed by atoms with Crippen LogP contribution >= 0.6 is 0 Å². The Morgan fingerprint density at radius 1 is 1.00 bits per heavy atom. The monoisotopic (exact) mass is 279 g/mol. The molecule has 0 heterocycles. The van der Waals surface area contributed by atoms with Crippen molar-refractivity contribution in [1.82, 2.24) is 5.32 Å². The van der Waals surface area contributed by atoms with Gasteiger partial charge in [-0.1, -0.05) is 54.6 Å². The maximum atomic E-state index is 12.4. The third-order valence-electron chi connectivity index (χ3n) is 4.24. The van der Waals surface area contributed by atoms with Gasteiger partial charge in [-0.05, 0) is 36.9 Å². The lowest BCUT2D eigenvalue weighted by molar-refractivity contribution is 0.0901. The number of Topliss-reactive ketones (excluding diaryl/α,β-unsaturated/α-hetero) is 1. The van der Waals surface area contributed by atoms with Crippen LogP contribution in [0.3, 0.4) is 0 Å². The molecule has 0 fully saturated rings. The number of hydrogen-bond donors (Lipinski definition) is 1. The van der Waals surface area contributed by atoms with E-state index in [1.165, 1.54) is 11.1 Å². The van der Waals surface area contributed by atoms with E-state index < -0.39 is 0 Å². The van der Waals surface area contributed by atoms with Gasteiger partial charge in [-0.3, -0.25) is 4.79 Å². The summed E-state index contributed by atoms with van der Waals surface area (Å²) in [6.07, 6.45) is 3.00. The lowest BCUT2D eigenvalue weighted by Gasteiger charge is -2.23. The fourth-order valence-electron chi connectivity index (χ4n) is 3.01. The molecule has 0 aliphatic heterocycles. The van der Waals surface area contributed by atoms with Gasteiger partial charge in [-0.15, -0.1) is 0 Å². The highest BCUT2D eigenvalue weighted by Gasteiger charge is 2.26. The summed E-state index contributed by atoms with van der Waals surface area (Å²) in [5.41, 5.74) is 3.48.